The van der Waals surface area contributed by atoms with E-state index in [0.717, 1.165) is 39.0 Å². The lowest BCUT2D eigenvalue weighted by atomic mass is 10.1. The van der Waals surface area contributed by atoms with Gasteiger partial charge in [0.2, 0.25) is 11.8 Å². The summed E-state index contributed by atoms with van der Waals surface area (Å²) in [6, 6.07) is 24.9. The Kier molecular flexibility index (Phi) is 8.12. The summed E-state index contributed by atoms with van der Waals surface area (Å²) in [5.41, 5.74) is 7.76. The number of hydrogen-bond acceptors (Lipinski definition) is 6. The molecule has 2 amide bonds. The van der Waals surface area contributed by atoms with Gasteiger partial charge in [-0.2, -0.15) is 0 Å². The van der Waals surface area contributed by atoms with E-state index in [1.165, 1.54) is 22.8 Å². The zero-order chi connectivity index (χ0) is 29.8. The molecule has 9 heteroatoms. The third-order valence-electron chi connectivity index (χ3n) is 6.73. The molecule has 0 atom stereocenters. The van der Waals surface area contributed by atoms with Crippen LogP contribution in [0.2, 0.25) is 0 Å². The summed E-state index contributed by atoms with van der Waals surface area (Å²) >= 11 is 1.14. The minimum atomic E-state index is -0.578. The normalized spacial score (nSPS) is 12.0. The SMILES string of the molecule is COc1ccc2cc(/C=c3/s/c(=C/C(=O)c4ccccc4C)n(CC(=O)Nc4ccc(C(N)=O)cc4)c3=O)ccc2c1. The Bertz CT molecular complexity index is 2020. The predicted molar refractivity (Wildman–Crippen MR) is 165 cm³/mol. The number of nitrogens with one attached hydrogen (secondary N) is 1. The quantitative estimate of drug-likeness (QED) is 0.273. The molecule has 0 saturated carbocycles. The monoisotopic (exact) mass is 577 g/mol. The Morgan fingerprint density at radius 3 is 2.38 bits per heavy atom. The Labute approximate surface area is 245 Å². The van der Waals surface area contributed by atoms with Crippen LogP contribution in [0.15, 0.2) is 89.7 Å². The highest BCUT2D eigenvalue weighted by Crippen LogP contribution is 2.22. The first-order valence-electron chi connectivity index (χ1n) is 13.0. The number of thiazole rings is 1. The first-order valence-corrected chi connectivity index (χ1v) is 13.8. The number of fused-ring (bicyclic) bond motifs is 1. The molecule has 0 radical (unpaired) electrons. The topological polar surface area (TPSA) is 120 Å². The minimum Gasteiger partial charge on any atom is -0.497 e. The fraction of sp³-hybridized carbons (Fsp3) is 0.0909. The maximum Gasteiger partial charge on any atom is 0.269 e. The molecule has 4 aromatic carbocycles. The van der Waals surface area contributed by atoms with Gasteiger partial charge in [0.1, 0.15) is 17.0 Å². The van der Waals surface area contributed by atoms with E-state index in [1.807, 2.05) is 55.5 Å². The van der Waals surface area contributed by atoms with Crippen LogP contribution in [0.4, 0.5) is 5.69 Å². The van der Waals surface area contributed by atoms with Crippen molar-refractivity contribution in [2.24, 2.45) is 5.73 Å². The highest BCUT2D eigenvalue weighted by Gasteiger charge is 2.13. The number of amides is 2. The molecular weight excluding hydrogens is 550 g/mol. The molecule has 0 spiro atoms. The number of primary amides is 1. The number of aryl methyl sites for hydroxylation is 1. The lowest BCUT2D eigenvalue weighted by Crippen LogP contribution is -2.36. The zero-order valence-electron chi connectivity index (χ0n) is 22.9. The first kappa shape index (κ1) is 28.3. The van der Waals surface area contributed by atoms with Crippen molar-refractivity contribution in [3.63, 3.8) is 0 Å². The molecule has 0 aliphatic rings. The van der Waals surface area contributed by atoms with E-state index in [0.29, 0.717) is 26.0 Å². The van der Waals surface area contributed by atoms with Gasteiger partial charge in [-0.1, -0.05) is 42.5 Å². The van der Waals surface area contributed by atoms with Crippen LogP contribution < -0.4 is 30.5 Å². The fourth-order valence-corrected chi connectivity index (χ4v) is 5.55. The molecule has 5 rings (SSSR count). The molecule has 1 aromatic heterocycles. The fourth-order valence-electron chi connectivity index (χ4n) is 4.50. The number of carbonyl (C=O) groups excluding carboxylic acids is 3. The van der Waals surface area contributed by atoms with Crippen LogP contribution in [0, 0.1) is 6.92 Å². The molecule has 5 aromatic rings. The van der Waals surface area contributed by atoms with E-state index in [1.54, 1.807) is 37.5 Å². The van der Waals surface area contributed by atoms with E-state index in [-0.39, 0.29) is 12.3 Å². The lowest BCUT2D eigenvalue weighted by molar-refractivity contribution is -0.116. The molecule has 0 bridgehead atoms. The Hall–Kier alpha value is -5.28. The maximum atomic E-state index is 13.6. The number of nitrogens with two attached hydrogens (primary N) is 1. The van der Waals surface area contributed by atoms with Crippen LogP contribution in [0.3, 0.4) is 0 Å². The van der Waals surface area contributed by atoms with Gasteiger partial charge in [-0.15, -0.1) is 11.3 Å². The lowest BCUT2D eigenvalue weighted by Gasteiger charge is -2.06. The molecule has 0 unspecified atom stereocenters. The Morgan fingerprint density at radius 2 is 1.67 bits per heavy atom. The number of nitrogens with zero attached hydrogens (tertiary/aromatic N) is 1. The molecule has 210 valence electrons. The van der Waals surface area contributed by atoms with Crippen LogP contribution >= 0.6 is 11.3 Å². The molecule has 1 heterocycles. The maximum absolute atomic E-state index is 13.6. The van der Waals surface area contributed by atoms with Crippen molar-refractivity contribution in [1.29, 1.82) is 0 Å². The number of rotatable bonds is 8. The van der Waals surface area contributed by atoms with Crippen LogP contribution in [-0.2, 0) is 11.3 Å². The summed E-state index contributed by atoms with van der Waals surface area (Å²) in [7, 11) is 1.61. The highest BCUT2D eigenvalue weighted by molar-refractivity contribution is 7.07. The molecule has 42 heavy (non-hydrogen) atoms. The number of hydrogen-bond donors (Lipinski definition) is 2. The van der Waals surface area contributed by atoms with Crippen molar-refractivity contribution in [3.8, 4) is 5.75 Å². The van der Waals surface area contributed by atoms with E-state index < -0.39 is 17.4 Å². The van der Waals surface area contributed by atoms with Crippen molar-refractivity contribution >= 4 is 57.5 Å². The standard InChI is InChI=1S/C33H27N3O5S/c1-20-5-3-4-6-27(20)28(37)18-31-36(19-30(38)35-25-12-9-22(10-13-25)32(34)39)33(40)29(42-31)16-21-7-8-24-17-26(41-2)14-11-23(24)15-21/h3-18H,19H2,1-2H3,(H2,34,39)(H,35,38)/b29-16+,31-18+. The van der Waals surface area contributed by atoms with Gasteiger partial charge in [0.05, 0.1) is 11.6 Å². The van der Waals surface area contributed by atoms with Gasteiger partial charge in [0.15, 0.2) is 5.78 Å². The van der Waals surface area contributed by atoms with Gasteiger partial charge in [0.25, 0.3) is 5.56 Å². The third kappa shape index (κ3) is 6.21. The van der Waals surface area contributed by atoms with Gasteiger partial charge in [0, 0.05) is 22.9 Å². The van der Waals surface area contributed by atoms with Gasteiger partial charge < -0.3 is 15.8 Å². The molecule has 3 N–H and O–H groups in total. The van der Waals surface area contributed by atoms with E-state index in [9.17, 15) is 19.2 Å². The van der Waals surface area contributed by atoms with Gasteiger partial charge in [-0.05, 0) is 77.4 Å². The van der Waals surface area contributed by atoms with Crippen LogP contribution in [0.1, 0.15) is 31.8 Å². The summed E-state index contributed by atoms with van der Waals surface area (Å²) in [6.07, 6.45) is 3.15. The van der Waals surface area contributed by atoms with Crippen LogP contribution in [-0.4, -0.2) is 29.3 Å². The van der Waals surface area contributed by atoms with E-state index in [2.05, 4.69) is 5.32 Å². The van der Waals surface area contributed by atoms with Crippen LogP contribution in [0.25, 0.3) is 22.9 Å². The first-order chi connectivity index (χ1) is 20.2. The third-order valence-corrected chi connectivity index (χ3v) is 7.79. The highest BCUT2D eigenvalue weighted by atomic mass is 32.1. The summed E-state index contributed by atoms with van der Waals surface area (Å²) in [5.74, 6) is -0.560. The smallest absolute Gasteiger partial charge is 0.269 e. The molecular formula is C33H27N3O5S. The molecule has 0 aliphatic heterocycles. The number of carbonyl (C=O) groups is 3. The van der Waals surface area contributed by atoms with Crippen molar-refractivity contribution in [2.45, 2.75) is 13.5 Å². The van der Waals surface area contributed by atoms with Gasteiger partial charge in [-0.3, -0.25) is 23.7 Å². The second kappa shape index (κ2) is 12.1. The van der Waals surface area contributed by atoms with E-state index in [4.69, 9.17) is 10.5 Å². The summed E-state index contributed by atoms with van der Waals surface area (Å²) in [6.45, 7) is 1.53. The Balaban J connectivity index is 1.54. The number of ketones is 1. The van der Waals surface area contributed by atoms with Crippen molar-refractivity contribution in [1.82, 2.24) is 4.57 Å². The minimum absolute atomic E-state index is 0.267. The van der Waals surface area contributed by atoms with Crippen molar-refractivity contribution in [2.75, 3.05) is 12.4 Å². The number of Topliss-reactive ketones (excluding diaryl/α,β-unsaturated/α-hetero) is 1. The molecule has 8 nitrogen and oxygen atoms in total. The van der Waals surface area contributed by atoms with E-state index >= 15 is 0 Å². The molecule has 0 aliphatic carbocycles. The number of anilines is 1. The second-order valence-corrected chi connectivity index (χ2v) is 10.7. The predicted octanol–water partition coefficient (Wildman–Crippen LogP) is 3.61. The number of methoxy groups -OCH3 is 1. The molecule has 0 fully saturated rings. The average molecular weight is 578 g/mol. The van der Waals surface area contributed by atoms with Gasteiger partial charge >= 0.3 is 0 Å². The van der Waals surface area contributed by atoms with Crippen LogP contribution in [0.5, 0.6) is 5.75 Å². The number of ether oxygens (including phenoxy) is 1. The molecule has 0 saturated heterocycles. The second-order valence-electron chi connectivity index (χ2n) is 9.63. The van der Waals surface area contributed by atoms with Gasteiger partial charge in [-0.25, -0.2) is 0 Å². The summed E-state index contributed by atoms with van der Waals surface area (Å²) in [5, 5.41) is 4.70. The summed E-state index contributed by atoms with van der Waals surface area (Å²) < 4.78 is 7.33. The number of aromatic nitrogens is 1. The van der Waals surface area contributed by atoms with Crippen molar-refractivity contribution in [3.05, 3.63) is 127 Å². The number of benzene rings is 4. The largest absolute Gasteiger partial charge is 0.497 e. The average Bonchev–Trinajstić information content (AvgIpc) is 3.25. The van der Waals surface area contributed by atoms with Crippen molar-refractivity contribution < 1.29 is 19.1 Å². The summed E-state index contributed by atoms with van der Waals surface area (Å²) in [4.78, 5) is 51.2. The Morgan fingerprint density at radius 1 is 0.952 bits per heavy atom. The zero-order valence-corrected chi connectivity index (χ0v) is 23.7.